The molecule has 5 rings (SSSR count). The van der Waals surface area contributed by atoms with Crippen molar-refractivity contribution in [3.05, 3.63) is 118 Å². The zero-order valence-corrected chi connectivity index (χ0v) is 25.6. The van der Waals surface area contributed by atoms with Crippen molar-refractivity contribution in [3.8, 4) is 17.2 Å². The van der Waals surface area contributed by atoms with Crippen molar-refractivity contribution < 1.29 is 38.8 Å². The summed E-state index contributed by atoms with van der Waals surface area (Å²) in [6, 6.07) is 17.5. The molecule has 2 heterocycles. The van der Waals surface area contributed by atoms with E-state index < -0.39 is 29.5 Å². The lowest BCUT2D eigenvalue weighted by Crippen LogP contribution is -2.29. The Bertz CT molecular complexity index is 1830. The number of Topliss-reactive ketones (excluding diaryl/α,β-unsaturated/α-hetero) is 1. The van der Waals surface area contributed by atoms with Crippen LogP contribution in [0.15, 0.2) is 85.0 Å². The predicted octanol–water partition coefficient (Wildman–Crippen LogP) is 6.02. The Labute approximate surface area is 263 Å². The van der Waals surface area contributed by atoms with E-state index in [2.05, 4.69) is 11.6 Å². The van der Waals surface area contributed by atoms with E-state index in [1.165, 1.54) is 31.4 Å². The SMILES string of the molecule is C=CCOC(=O)c1sc(N2C(=O)C(=O)/C(=C(/O)c3ccc(OCc4ccccc4C)cc3)C2c2ccc(O)c(OC)c2)nc1C. The van der Waals surface area contributed by atoms with Gasteiger partial charge in [-0.25, -0.2) is 9.78 Å². The quantitative estimate of drug-likeness (QED) is 0.0712. The van der Waals surface area contributed by atoms with Crippen molar-refractivity contribution in [1.29, 1.82) is 0 Å². The molecule has 1 fully saturated rings. The van der Waals surface area contributed by atoms with Crippen LogP contribution in [0.5, 0.6) is 17.2 Å². The fourth-order valence-corrected chi connectivity index (χ4v) is 5.87. The van der Waals surface area contributed by atoms with E-state index >= 15 is 0 Å². The molecule has 2 N–H and O–H groups in total. The van der Waals surface area contributed by atoms with Gasteiger partial charge in [0.2, 0.25) is 0 Å². The minimum atomic E-state index is -1.17. The molecule has 0 bridgehead atoms. The highest BCUT2D eigenvalue weighted by Gasteiger charge is 2.48. The number of esters is 1. The summed E-state index contributed by atoms with van der Waals surface area (Å²) in [7, 11) is 1.36. The standard InChI is InChI=1S/C34H30N2O8S/c1-5-16-43-33(41)31-20(3)35-34(45-31)36-28(22-12-15-25(37)26(17-22)42-4)27(30(39)32(36)40)29(38)21-10-13-24(14-11-21)44-18-23-9-7-6-8-19(23)2/h5-15,17,28,37-38H,1,16,18H2,2-4H3/b29-27+. The molecule has 0 spiro atoms. The van der Waals surface area contributed by atoms with Gasteiger partial charge >= 0.3 is 11.9 Å². The van der Waals surface area contributed by atoms with Crippen molar-refractivity contribution in [2.45, 2.75) is 26.5 Å². The van der Waals surface area contributed by atoms with Crippen LogP contribution in [0.1, 0.15) is 43.7 Å². The second-order valence-electron chi connectivity index (χ2n) is 10.1. The first kappa shape index (κ1) is 31.0. The number of anilines is 1. The fourth-order valence-electron chi connectivity index (χ4n) is 4.88. The lowest BCUT2D eigenvalue weighted by molar-refractivity contribution is -0.132. The van der Waals surface area contributed by atoms with Crippen LogP contribution in [0.25, 0.3) is 5.76 Å². The highest BCUT2D eigenvalue weighted by molar-refractivity contribution is 7.17. The Morgan fingerprint density at radius 3 is 2.51 bits per heavy atom. The number of hydrogen-bond donors (Lipinski definition) is 2. The second-order valence-corrected chi connectivity index (χ2v) is 11.1. The number of aromatic hydroxyl groups is 1. The molecule has 0 radical (unpaired) electrons. The minimum absolute atomic E-state index is 0.0148. The van der Waals surface area contributed by atoms with E-state index in [4.69, 9.17) is 14.2 Å². The molecule has 1 unspecified atom stereocenters. The number of phenolic OH excluding ortho intramolecular Hbond substituents is 1. The van der Waals surface area contributed by atoms with Gasteiger partial charge in [-0.1, -0.05) is 54.3 Å². The molecule has 0 aliphatic carbocycles. The van der Waals surface area contributed by atoms with Crippen molar-refractivity contribution in [1.82, 2.24) is 4.98 Å². The van der Waals surface area contributed by atoms with Gasteiger partial charge in [0.05, 0.1) is 24.4 Å². The molecule has 1 aliphatic heterocycles. The highest BCUT2D eigenvalue weighted by atomic mass is 32.1. The van der Waals surface area contributed by atoms with E-state index in [1.54, 1.807) is 31.2 Å². The van der Waals surface area contributed by atoms with Gasteiger partial charge in [-0.2, -0.15) is 0 Å². The molecular weight excluding hydrogens is 596 g/mol. The third-order valence-electron chi connectivity index (χ3n) is 7.26. The van der Waals surface area contributed by atoms with Gasteiger partial charge in [-0.05, 0) is 66.9 Å². The molecule has 3 aromatic carbocycles. The number of thiazole rings is 1. The normalized spacial score (nSPS) is 15.6. The first-order chi connectivity index (χ1) is 21.6. The molecule has 0 saturated carbocycles. The first-order valence-electron chi connectivity index (χ1n) is 13.9. The first-order valence-corrected chi connectivity index (χ1v) is 14.7. The van der Waals surface area contributed by atoms with E-state index in [0.717, 1.165) is 27.4 Å². The van der Waals surface area contributed by atoms with Gasteiger partial charge in [-0.15, -0.1) is 0 Å². The second kappa shape index (κ2) is 13.1. The number of aliphatic hydroxyl groups is 1. The van der Waals surface area contributed by atoms with E-state index in [9.17, 15) is 24.6 Å². The monoisotopic (exact) mass is 626 g/mol. The fraction of sp³-hybridized carbons (Fsp3) is 0.176. The lowest BCUT2D eigenvalue weighted by atomic mass is 9.95. The zero-order chi connectivity index (χ0) is 32.2. The summed E-state index contributed by atoms with van der Waals surface area (Å²) in [6.45, 7) is 7.45. The molecule has 1 aliphatic rings. The van der Waals surface area contributed by atoms with Crippen LogP contribution in [-0.4, -0.2) is 46.6 Å². The van der Waals surface area contributed by atoms with Gasteiger partial charge in [0.25, 0.3) is 5.78 Å². The zero-order valence-electron chi connectivity index (χ0n) is 24.8. The number of ether oxygens (including phenoxy) is 3. The van der Waals surface area contributed by atoms with Crippen LogP contribution in [-0.2, 0) is 20.9 Å². The van der Waals surface area contributed by atoms with Crippen LogP contribution in [0.3, 0.4) is 0 Å². The number of nitrogens with zero attached hydrogens (tertiary/aromatic N) is 2. The third-order valence-corrected chi connectivity index (χ3v) is 8.39. The molecule has 1 atom stereocenters. The highest BCUT2D eigenvalue weighted by Crippen LogP contribution is 2.45. The molecule has 1 amide bonds. The van der Waals surface area contributed by atoms with Gasteiger partial charge in [0.1, 0.15) is 29.6 Å². The summed E-state index contributed by atoms with van der Waals surface area (Å²) in [5.41, 5.74) is 2.85. The van der Waals surface area contributed by atoms with Crippen LogP contribution < -0.4 is 14.4 Å². The summed E-state index contributed by atoms with van der Waals surface area (Å²) < 4.78 is 16.3. The van der Waals surface area contributed by atoms with Crippen molar-refractivity contribution in [3.63, 3.8) is 0 Å². The summed E-state index contributed by atoms with van der Waals surface area (Å²) in [4.78, 5) is 45.5. The van der Waals surface area contributed by atoms with E-state index in [1.807, 2.05) is 31.2 Å². The third kappa shape index (κ3) is 6.16. The molecule has 11 heteroatoms. The van der Waals surface area contributed by atoms with Crippen LogP contribution in [0, 0.1) is 13.8 Å². The summed E-state index contributed by atoms with van der Waals surface area (Å²) >= 11 is 0.880. The average molecular weight is 627 g/mol. The maximum Gasteiger partial charge on any atom is 0.350 e. The van der Waals surface area contributed by atoms with Crippen LogP contribution in [0.2, 0.25) is 0 Å². The van der Waals surface area contributed by atoms with Gasteiger partial charge < -0.3 is 24.4 Å². The van der Waals surface area contributed by atoms with E-state index in [-0.39, 0.29) is 39.3 Å². The number of carbonyl (C=O) groups is 3. The van der Waals surface area contributed by atoms with E-state index in [0.29, 0.717) is 23.6 Å². The Balaban J connectivity index is 1.55. The summed E-state index contributed by atoms with van der Waals surface area (Å²) in [6.07, 6.45) is 1.43. The Kier molecular flexibility index (Phi) is 9.01. The number of carbonyl (C=O) groups excluding carboxylic acids is 3. The largest absolute Gasteiger partial charge is 0.507 e. The number of amides is 1. The van der Waals surface area contributed by atoms with Crippen LogP contribution in [0.4, 0.5) is 5.13 Å². The lowest BCUT2D eigenvalue weighted by Gasteiger charge is -2.23. The number of aryl methyl sites for hydroxylation is 2. The van der Waals surface area contributed by atoms with Gasteiger partial charge in [0, 0.05) is 5.56 Å². The number of aliphatic hydroxyl groups excluding tert-OH is 1. The number of ketones is 1. The Morgan fingerprint density at radius 1 is 1.09 bits per heavy atom. The minimum Gasteiger partial charge on any atom is -0.507 e. The topological polar surface area (TPSA) is 135 Å². The molecule has 1 aromatic heterocycles. The smallest absolute Gasteiger partial charge is 0.350 e. The van der Waals surface area contributed by atoms with Gasteiger partial charge in [0.15, 0.2) is 16.6 Å². The number of hydrogen-bond acceptors (Lipinski definition) is 10. The van der Waals surface area contributed by atoms with Crippen molar-refractivity contribution in [2.75, 3.05) is 18.6 Å². The maximum absolute atomic E-state index is 13.6. The number of benzene rings is 3. The number of methoxy groups -OCH3 is 1. The van der Waals surface area contributed by atoms with Crippen molar-refractivity contribution >= 4 is 39.9 Å². The summed E-state index contributed by atoms with van der Waals surface area (Å²) in [5, 5.41) is 21.8. The number of rotatable bonds is 10. The molecule has 1 saturated heterocycles. The van der Waals surface area contributed by atoms with Crippen molar-refractivity contribution in [2.24, 2.45) is 0 Å². The summed E-state index contributed by atoms with van der Waals surface area (Å²) in [5.74, 6) is -2.49. The van der Waals surface area contributed by atoms with Gasteiger partial charge in [-0.3, -0.25) is 14.5 Å². The maximum atomic E-state index is 13.6. The molecule has 230 valence electrons. The molecule has 4 aromatic rings. The van der Waals surface area contributed by atoms with Crippen LogP contribution >= 0.6 is 11.3 Å². The average Bonchev–Trinajstić information content (AvgIpc) is 3.55. The Morgan fingerprint density at radius 2 is 1.82 bits per heavy atom. The number of phenols is 1. The molecule has 10 nitrogen and oxygen atoms in total. The molecular formula is C34H30N2O8S. The predicted molar refractivity (Wildman–Crippen MR) is 169 cm³/mol. The Hall–Kier alpha value is -5.42. The number of aromatic nitrogens is 1. The molecule has 45 heavy (non-hydrogen) atoms.